The van der Waals surface area contributed by atoms with Crippen LogP contribution in [0.3, 0.4) is 0 Å². The lowest BCUT2D eigenvalue weighted by Crippen LogP contribution is -2.22. The first-order chi connectivity index (χ1) is 7.47. The highest BCUT2D eigenvalue weighted by Crippen LogP contribution is 2.20. The van der Waals surface area contributed by atoms with E-state index >= 15 is 0 Å². The van der Waals surface area contributed by atoms with Crippen molar-refractivity contribution in [3.05, 3.63) is 36.0 Å². The minimum Gasteiger partial charge on any atom is -0.247 e. The summed E-state index contributed by atoms with van der Waals surface area (Å²) in [5.74, 6) is 0. The summed E-state index contributed by atoms with van der Waals surface area (Å²) in [4.78, 5) is 0. The van der Waals surface area contributed by atoms with E-state index in [2.05, 4.69) is 56.2 Å². The zero-order chi connectivity index (χ0) is 11.8. The van der Waals surface area contributed by atoms with E-state index in [1.54, 1.807) is 0 Å². The third kappa shape index (κ3) is 2.13. The van der Waals surface area contributed by atoms with Gasteiger partial charge in [-0.1, -0.05) is 29.0 Å². The largest absolute Gasteiger partial charge is 0.247 e. The molecular formula is C13H17N3. The molecule has 0 atom stereocenters. The van der Waals surface area contributed by atoms with Crippen molar-refractivity contribution < 1.29 is 0 Å². The van der Waals surface area contributed by atoms with Crippen molar-refractivity contribution in [2.75, 3.05) is 0 Å². The Labute approximate surface area is 96.1 Å². The Morgan fingerprint density at radius 1 is 1.19 bits per heavy atom. The molecule has 0 N–H and O–H groups in total. The highest BCUT2D eigenvalue weighted by Gasteiger charge is 2.15. The van der Waals surface area contributed by atoms with Gasteiger partial charge in [0.05, 0.1) is 11.7 Å². The van der Waals surface area contributed by atoms with Crippen molar-refractivity contribution in [3.63, 3.8) is 0 Å². The average molecular weight is 215 g/mol. The molecule has 0 saturated carbocycles. The van der Waals surface area contributed by atoms with Gasteiger partial charge in [0, 0.05) is 5.56 Å². The maximum Gasteiger partial charge on any atom is 0.113 e. The van der Waals surface area contributed by atoms with Gasteiger partial charge in [-0.25, -0.2) is 4.68 Å². The molecule has 3 heteroatoms. The van der Waals surface area contributed by atoms with Crippen LogP contribution in [0, 0.1) is 6.92 Å². The van der Waals surface area contributed by atoms with Crippen LogP contribution in [-0.2, 0) is 5.54 Å². The molecule has 2 aromatic rings. The zero-order valence-electron chi connectivity index (χ0n) is 10.2. The summed E-state index contributed by atoms with van der Waals surface area (Å²) in [6.07, 6.45) is 1.99. The Kier molecular flexibility index (Phi) is 2.54. The lowest BCUT2D eigenvalue weighted by molar-refractivity contribution is 0.347. The van der Waals surface area contributed by atoms with E-state index < -0.39 is 0 Å². The van der Waals surface area contributed by atoms with Crippen LogP contribution in [0.25, 0.3) is 11.3 Å². The van der Waals surface area contributed by atoms with E-state index in [1.807, 2.05) is 16.9 Å². The van der Waals surface area contributed by atoms with Gasteiger partial charge in [0.15, 0.2) is 0 Å². The monoisotopic (exact) mass is 215 g/mol. The fraction of sp³-hybridized carbons (Fsp3) is 0.385. The van der Waals surface area contributed by atoms with Crippen molar-refractivity contribution in [1.82, 2.24) is 15.0 Å². The highest BCUT2D eigenvalue weighted by molar-refractivity contribution is 5.58. The van der Waals surface area contributed by atoms with Crippen molar-refractivity contribution >= 4 is 0 Å². The minimum atomic E-state index is -0.0188. The SMILES string of the molecule is Cc1cccc(-c2cn(C(C)(C)C)nn2)c1. The highest BCUT2D eigenvalue weighted by atomic mass is 15.4. The quantitative estimate of drug-likeness (QED) is 0.732. The van der Waals surface area contributed by atoms with E-state index in [0.717, 1.165) is 11.3 Å². The molecule has 2 rings (SSSR count). The molecule has 0 aliphatic rings. The Balaban J connectivity index is 2.39. The number of hydrogen-bond acceptors (Lipinski definition) is 2. The van der Waals surface area contributed by atoms with E-state index in [0.29, 0.717) is 0 Å². The molecule has 0 saturated heterocycles. The van der Waals surface area contributed by atoms with Gasteiger partial charge in [0.2, 0.25) is 0 Å². The molecule has 1 aromatic heterocycles. The maximum atomic E-state index is 4.21. The molecule has 1 heterocycles. The van der Waals surface area contributed by atoms with E-state index in [9.17, 15) is 0 Å². The molecule has 0 unspecified atom stereocenters. The van der Waals surface area contributed by atoms with Crippen LogP contribution in [0.15, 0.2) is 30.5 Å². The molecule has 0 aliphatic carbocycles. The standard InChI is InChI=1S/C13H17N3/c1-10-6-5-7-11(8-10)12-9-16(15-14-12)13(2,3)4/h5-9H,1-4H3. The summed E-state index contributed by atoms with van der Waals surface area (Å²) in [6.45, 7) is 8.42. The molecular weight excluding hydrogens is 198 g/mol. The van der Waals surface area contributed by atoms with Crippen molar-refractivity contribution in [2.45, 2.75) is 33.2 Å². The van der Waals surface area contributed by atoms with Crippen LogP contribution in [-0.4, -0.2) is 15.0 Å². The van der Waals surface area contributed by atoms with E-state index in [1.165, 1.54) is 5.56 Å². The van der Waals surface area contributed by atoms with Crippen molar-refractivity contribution in [1.29, 1.82) is 0 Å². The first-order valence-electron chi connectivity index (χ1n) is 5.47. The van der Waals surface area contributed by atoms with Crippen LogP contribution >= 0.6 is 0 Å². The molecule has 0 amide bonds. The number of hydrogen-bond donors (Lipinski definition) is 0. The van der Waals surface area contributed by atoms with Crippen molar-refractivity contribution in [3.8, 4) is 11.3 Å². The summed E-state index contributed by atoms with van der Waals surface area (Å²) in [7, 11) is 0. The number of rotatable bonds is 1. The Morgan fingerprint density at radius 2 is 1.94 bits per heavy atom. The van der Waals surface area contributed by atoms with Gasteiger partial charge in [0.25, 0.3) is 0 Å². The number of aryl methyl sites for hydroxylation is 1. The Hall–Kier alpha value is -1.64. The number of nitrogens with zero attached hydrogens (tertiary/aromatic N) is 3. The fourth-order valence-corrected chi connectivity index (χ4v) is 1.53. The van der Waals surface area contributed by atoms with Gasteiger partial charge in [-0.15, -0.1) is 5.10 Å². The molecule has 0 fully saturated rings. The summed E-state index contributed by atoms with van der Waals surface area (Å²) >= 11 is 0. The van der Waals surface area contributed by atoms with Gasteiger partial charge in [0.1, 0.15) is 5.69 Å². The predicted octanol–water partition coefficient (Wildman–Crippen LogP) is 3.01. The van der Waals surface area contributed by atoms with Gasteiger partial charge in [-0.05, 0) is 33.8 Å². The van der Waals surface area contributed by atoms with E-state index in [4.69, 9.17) is 0 Å². The number of benzene rings is 1. The first-order valence-corrected chi connectivity index (χ1v) is 5.47. The number of aromatic nitrogens is 3. The zero-order valence-corrected chi connectivity index (χ0v) is 10.2. The lowest BCUT2D eigenvalue weighted by Gasteiger charge is -2.17. The normalized spacial score (nSPS) is 11.8. The van der Waals surface area contributed by atoms with E-state index in [-0.39, 0.29) is 5.54 Å². The fourth-order valence-electron chi connectivity index (χ4n) is 1.53. The molecule has 0 radical (unpaired) electrons. The third-order valence-electron chi connectivity index (χ3n) is 2.49. The van der Waals surface area contributed by atoms with Crippen LogP contribution in [0.5, 0.6) is 0 Å². The van der Waals surface area contributed by atoms with Crippen LogP contribution in [0.2, 0.25) is 0 Å². The Morgan fingerprint density at radius 3 is 2.50 bits per heavy atom. The smallest absolute Gasteiger partial charge is 0.113 e. The molecule has 0 bridgehead atoms. The average Bonchev–Trinajstić information content (AvgIpc) is 2.65. The molecule has 0 aliphatic heterocycles. The molecule has 84 valence electrons. The molecule has 1 aromatic carbocycles. The minimum absolute atomic E-state index is 0.0188. The lowest BCUT2D eigenvalue weighted by atomic mass is 10.1. The predicted molar refractivity (Wildman–Crippen MR) is 65.2 cm³/mol. The van der Waals surface area contributed by atoms with Gasteiger partial charge in [-0.3, -0.25) is 0 Å². The summed E-state index contributed by atoms with van der Waals surface area (Å²) in [6, 6.07) is 8.31. The van der Waals surface area contributed by atoms with Gasteiger partial charge < -0.3 is 0 Å². The molecule has 16 heavy (non-hydrogen) atoms. The van der Waals surface area contributed by atoms with Gasteiger partial charge in [-0.2, -0.15) is 0 Å². The second-order valence-corrected chi connectivity index (χ2v) is 5.09. The van der Waals surface area contributed by atoms with Crippen LogP contribution in [0.1, 0.15) is 26.3 Å². The second kappa shape index (κ2) is 3.74. The second-order valence-electron chi connectivity index (χ2n) is 5.09. The molecule has 0 spiro atoms. The Bertz CT molecular complexity index is 492. The molecule has 3 nitrogen and oxygen atoms in total. The summed E-state index contributed by atoms with van der Waals surface area (Å²) in [5.41, 5.74) is 3.27. The van der Waals surface area contributed by atoms with Crippen LogP contribution in [0.4, 0.5) is 0 Å². The maximum absolute atomic E-state index is 4.21. The van der Waals surface area contributed by atoms with Crippen molar-refractivity contribution in [2.24, 2.45) is 0 Å². The topological polar surface area (TPSA) is 30.7 Å². The summed E-state index contributed by atoms with van der Waals surface area (Å²) in [5, 5.41) is 8.37. The summed E-state index contributed by atoms with van der Waals surface area (Å²) < 4.78 is 1.89. The van der Waals surface area contributed by atoms with Crippen LogP contribution < -0.4 is 0 Å². The van der Waals surface area contributed by atoms with Gasteiger partial charge >= 0.3 is 0 Å². The first kappa shape index (κ1) is 10.9. The third-order valence-corrected chi connectivity index (χ3v) is 2.49.